The van der Waals surface area contributed by atoms with E-state index in [1.54, 1.807) is 6.26 Å². The molecule has 3 unspecified atom stereocenters. The number of hydrogen-bond donors (Lipinski definition) is 3. The van der Waals surface area contributed by atoms with Crippen molar-refractivity contribution in [3.05, 3.63) is 54.0 Å². The number of benzene rings is 1. The molecule has 0 bridgehead atoms. The maximum atomic E-state index is 10.6. The Morgan fingerprint density at radius 2 is 2.06 bits per heavy atom. The molecule has 7 heteroatoms. The van der Waals surface area contributed by atoms with Gasteiger partial charge in [-0.05, 0) is 31.0 Å². The van der Waals surface area contributed by atoms with Gasteiger partial charge in [-0.2, -0.15) is 0 Å². The first-order valence-corrected chi connectivity index (χ1v) is 11.1. The Bertz CT molecular complexity index is 842. The molecule has 0 amide bonds. The van der Waals surface area contributed by atoms with E-state index in [1.165, 1.54) is 0 Å². The number of aliphatic hydroxyl groups is 1. The van der Waals surface area contributed by atoms with Crippen molar-refractivity contribution in [2.75, 3.05) is 19.7 Å². The average Bonchev–Trinajstić information content (AvgIpc) is 3.28. The lowest BCUT2D eigenvalue weighted by Gasteiger charge is -2.37. The summed E-state index contributed by atoms with van der Waals surface area (Å²) in [7, 11) is 0. The van der Waals surface area contributed by atoms with Gasteiger partial charge in [-0.15, -0.1) is 24.0 Å². The van der Waals surface area contributed by atoms with Crippen molar-refractivity contribution in [2.24, 2.45) is 10.4 Å². The second-order valence-corrected chi connectivity index (χ2v) is 8.71. The van der Waals surface area contributed by atoms with Gasteiger partial charge in [0, 0.05) is 30.4 Å². The van der Waals surface area contributed by atoms with Crippen LogP contribution in [0.3, 0.4) is 0 Å². The maximum Gasteiger partial charge on any atom is 0.191 e. The van der Waals surface area contributed by atoms with E-state index in [0.717, 1.165) is 68.1 Å². The van der Waals surface area contributed by atoms with E-state index in [1.807, 2.05) is 30.3 Å². The van der Waals surface area contributed by atoms with E-state index in [2.05, 4.69) is 23.6 Å². The molecule has 1 saturated carbocycles. The van der Waals surface area contributed by atoms with Crippen LogP contribution in [0.15, 0.2) is 52.1 Å². The molecule has 2 aromatic rings. The first kappa shape index (κ1) is 23.9. The van der Waals surface area contributed by atoms with Crippen molar-refractivity contribution in [2.45, 2.75) is 57.6 Å². The number of guanidine groups is 1. The number of halogens is 1. The van der Waals surface area contributed by atoms with Gasteiger partial charge in [-0.3, -0.25) is 4.99 Å². The van der Waals surface area contributed by atoms with E-state index in [0.29, 0.717) is 13.2 Å². The zero-order valence-corrected chi connectivity index (χ0v) is 20.5. The van der Waals surface area contributed by atoms with Crippen LogP contribution in [0.4, 0.5) is 0 Å². The van der Waals surface area contributed by atoms with Crippen LogP contribution in [0.2, 0.25) is 0 Å². The monoisotopic (exact) mass is 539 g/mol. The summed E-state index contributed by atoms with van der Waals surface area (Å²) in [6.07, 6.45) is 7.23. The van der Waals surface area contributed by atoms with Gasteiger partial charge in [0.25, 0.3) is 0 Å². The minimum absolute atomic E-state index is 0. The third kappa shape index (κ3) is 6.16. The van der Waals surface area contributed by atoms with E-state index in [-0.39, 0.29) is 41.5 Å². The predicted octanol–water partition coefficient (Wildman–Crippen LogP) is 4.44. The number of rotatable bonds is 6. The topological polar surface area (TPSA) is 79.0 Å². The number of aliphatic hydroxyl groups excluding tert-OH is 1. The minimum Gasteiger partial charge on any atom is -0.493 e. The first-order valence-electron chi connectivity index (χ1n) is 11.1. The number of fused-ring (bicyclic) bond motifs is 1. The van der Waals surface area contributed by atoms with Crippen molar-refractivity contribution in [3.63, 3.8) is 0 Å². The Hall–Kier alpha value is -1.74. The first-order chi connectivity index (χ1) is 14.6. The molecule has 2 aliphatic rings. The number of furan rings is 1. The highest BCUT2D eigenvalue weighted by atomic mass is 127. The molecule has 6 nitrogen and oxygen atoms in total. The van der Waals surface area contributed by atoms with E-state index < -0.39 is 0 Å². The summed E-state index contributed by atoms with van der Waals surface area (Å²) in [5, 5.41) is 17.6. The van der Waals surface area contributed by atoms with E-state index >= 15 is 0 Å². The third-order valence-electron chi connectivity index (χ3n) is 6.39. The fourth-order valence-corrected chi connectivity index (χ4v) is 4.39. The zero-order valence-electron chi connectivity index (χ0n) is 18.2. The van der Waals surface area contributed by atoms with Gasteiger partial charge >= 0.3 is 0 Å². The molecule has 31 heavy (non-hydrogen) atoms. The summed E-state index contributed by atoms with van der Waals surface area (Å²) in [5.74, 6) is 2.67. The van der Waals surface area contributed by atoms with Crippen LogP contribution < -0.4 is 15.4 Å². The highest BCUT2D eigenvalue weighted by Gasteiger charge is 2.35. The van der Waals surface area contributed by atoms with Gasteiger partial charge < -0.3 is 24.9 Å². The van der Waals surface area contributed by atoms with Gasteiger partial charge in [0.2, 0.25) is 0 Å². The molecule has 3 atom stereocenters. The molecule has 1 aromatic heterocycles. The second-order valence-electron chi connectivity index (χ2n) is 8.71. The third-order valence-corrected chi connectivity index (χ3v) is 6.39. The predicted molar refractivity (Wildman–Crippen MR) is 133 cm³/mol. The fraction of sp³-hybridized carbons (Fsp3) is 0.542. The average molecular weight is 539 g/mol. The van der Waals surface area contributed by atoms with Gasteiger partial charge in [0.15, 0.2) is 5.96 Å². The van der Waals surface area contributed by atoms with Crippen LogP contribution in [0.25, 0.3) is 0 Å². The van der Waals surface area contributed by atoms with Gasteiger partial charge in [-0.25, -0.2) is 0 Å². The van der Waals surface area contributed by atoms with Gasteiger partial charge in [0.1, 0.15) is 11.5 Å². The number of aliphatic imine (C=N–C) groups is 1. The Morgan fingerprint density at radius 3 is 2.87 bits per heavy atom. The molecule has 0 saturated heterocycles. The van der Waals surface area contributed by atoms with Gasteiger partial charge in [0.05, 0.1) is 31.6 Å². The molecule has 1 aliphatic carbocycles. The zero-order chi connectivity index (χ0) is 20.8. The SMILES string of the molecule is CC1(CN=C(NCCc2ccco2)NC2CCOc3ccccc32)CCCCC1O.I. The molecule has 1 aliphatic heterocycles. The van der Waals surface area contributed by atoms with Crippen molar-refractivity contribution in [1.29, 1.82) is 0 Å². The highest BCUT2D eigenvalue weighted by molar-refractivity contribution is 14.0. The van der Waals surface area contributed by atoms with Crippen LogP contribution in [0.1, 0.15) is 56.4 Å². The molecule has 4 rings (SSSR count). The van der Waals surface area contributed by atoms with Crippen molar-refractivity contribution < 1.29 is 14.3 Å². The summed E-state index contributed by atoms with van der Waals surface area (Å²) < 4.78 is 11.3. The Kier molecular flexibility index (Phi) is 8.66. The number of nitrogens with zero attached hydrogens (tertiary/aromatic N) is 1. The Labute approximate surface area is 201 Å². The maximum absolute atomic E-state index is 10.6. The number of ether oxygens (including phenoxy) is 1. The van der Waals surface area contributed by atoms with Gasteiger partial charge in [-0.1, -0.05) is 38.0 Å². The Morgan fingerprint density at radius 1 is 1.19 bits per heavy atom. The van der Waals surface area contributed by atoms with Crippen LogP contribution >= 0.6 is 24.0 Å². The summed E-state index contributed by atoms with van der Waals surface area (Å²) >= 11 is 0. The minimum atomic E-state index is -0.289. The van der Waals surface area contributed by atoms with E-state index in [9.17, 15) is 5.11 Å². The van der Waals surface area contributed by atoms with Crippen LogP contribution in [-0.4, -0.2) is 36.9 Å². The van der Waals surface area contributed by atoms with Crippen LogP contribution in [0.5, 0.6) is 5.75 Å². The molecule has 0 spiro atoms. The molecule has 1 fully saturated rings. The lowest BCUT2D eigenvalue weighted by atomic mass is 9.73. The summed E-state index contributed by atoms with van der Waals surface area (Å²) in [6.45, 7) is 4.17. The molecule has 1 aromatic carbocycles. The molecular formula is C24H34IN3O3. The van der Waals surface area contributed by atoms with Crippen molar-refractivity contribution >= 4 is 29.9 Å². The molecular weight excluding hydrogens is 505 g/mol. The quantitative estimate of drug-likeness (QED) is 0.288. The van der Waals surface area contributed by atoms with Crippen molar-refractivity contribution in [3.8, 4) is 5.75 Å². The normalized spacial score (nSPS) is 25.7. The fourth-order valence-electron chi connectivity index (χ4n) is 4.39. The largest absolute Gasteiger partial charge is 0.493 e. The molecule has 0 radical (unpaired) electrons. The molecule has 3 N–H and O–H groups in total. The number of nitrogens with one attached hydrogen (secondary N) is 2. The van der Waals surface area contributed by atoms with Crippen molar-refractivity contribution in [1.82, 2.24) is 10.6 Å². The number of hydrogen-bond acceptors (Lipinski definition) is 4. The lowest BCUT2D eigenvalue weighted by molar-refractivity contribution is 0.00715. The number of para-hydroxylation sites is 1. The molecule has 170 valence electrons. The second kappa shape index (κ2) is 11.2. The smallest absolute Gasteiger partial charge is 0.191 e. The Balaban J connectivity index is 0.00000272. The van der Waals surface area contributed by atoms with E-state index in [4.69, 9.17) is 14.1 Å². The summed E-state index contributed by atoms with van der Waals surface area (Å²) in [6, 6.07) is 12.2. The van der Waals surface area contributed by atoms with Crippen LogP contribution in [0, 0.1) is 5.41 Å². The standard InChI is InChI=1S/C24H33N3O3.HI/c1-24(13-5-4-10-22(24)28)17-26-23(25-14-11-18-7-6-15-29-18)27-20-12-16-30-21-9-3-2-8-19(20)21;/h2-3,6-9,15,20,22,28H,4-5,10-14,16-17H2,1H3,(H2,25,26,27);1H. The molecule has 2 heterocycles. The highest BCUT2D eigenvalue weighted by Crippen LogP contribution is 2.36. The summed E-state index contributed by atoms with van der Waals surface area (Å²) in [5.41, 5.74) is 0.995. The lowest BCUT2D eigenvalue weighted by Crippen LogP contribution is -2.44. The van der Waals surface area contributed by atoms with Crippen LogP contribution in [-0.2, 0) is 6.42 Å². The summed E-state index contributed by atoms with van der Waals surface area (Å²) in [4.78, 5) is 4.92.